The quantitative estimate of drug-likeness (QED) is 0.657. The van der Waals surface area contributed by atoms with Crippen LogP contribution in [0, 0.1) is 0 Å². The van der Waals surface area contributed by atoms with E-state index in [4.69, 9.17) is 4.74 Å². The summed E-state index contributed by atoms with van der Waals surface area (Å²) in [6, 6.07) is 20.0. The monoisotopic (exact) mass is 262 g/mol. The van der Waals surface area contributed by atoms with Crippen LogP contribution in [0.2, 0.25) is 0 Å². The molecule has 0 radical (unpaired) electrons. The van der Waals surface area contributed by atoms with Gasteiger partial charge in [-0.25, -0.2) is 0 Å². The number of hydrogen-bond donors (Lipinski definition) is 0. The zero-order valence-electron chi connectivity index (χ0n) is 11.2. The Morgan fingerprint density at radius 3 is 2.35 bits per heavy atom. The molecule has 20 heavy (non-hydrogen) atoms. The van der Waals surface area contributed by atoms with E-state index >= 15 is 0 Å². The highest BCUT2D eigenvalue weighted by atomic mass is 16.5. The number of methoxy groups -OCH3 is 1. The van der Waals surface area contributed by atoms with Crippen molar-refractivity contribution in [3.8, 4) is 16.9 Å². The van der Waals surface area contributed by atoms with E-state index in [9.17, 15) is 4.79 Å². The average molecular weight is 262 g/mol. The minimum atomic E-state index is 0.568. The molecule has 0 bridgehead atoms. The molecule has 0 saturated carbocycles. The largest absolute Gasteiger partial charge is 0.495 e. The normalized spacial score (nSPS) is 10.4. The van der Waals surface area contributed by atoms with Gasteiger partial charge in [0.2, 0.25) is 0 Å². The fourth-order valence-corrected chi connectivity index (χ4v) is 2.55. The van der Waals surface area contributed by atoms with E-state index in [1.165, 1.54) is 5.39 Å². The molecule has 0 unspecified atom stereocenters. The molecule has 3 rings (SSSR count). The first kappa shape index (κ1) is 12.4. The highest BCUT2D eigenvalue weighted by Crippen LogP contribution is 2.36. The van der Waals surface area contributed by atoms with E-state index in [-0.39, 0.29) is 0 Å². The van der Waals surface area contributed by atoms with Crippen molar-refractivity contribution in [2.24, 2.45) is 0 Å². The standard InChI is InChI=1S/C18H14O2/c1-20-18-14(12-19)8-5-11-17(18)16-10-4-7-13-6-2-3-9-15(13)16/h2-12H,1H3. The smallest absolute Gasteiger partial charge is 0.153 e. The van der Waals surface area contributed by atoms with Crippen LogP contribution in [-0.2, 0) is 0 Å². The van der Waals surface area contributed by atoms with Gasteiger partial charge in [-0.15, -0.1) is 0 Å². The van der Waals surface area contributed by atoms with Gasteiger partial charge in [-0.1, -0.05) is 54.6 Å². The van der Waals surface area contributed by atoms with Gasteiger partial charge in [-0.3, -0.25) is 4.79 Å². The summed E-state index contributed by atoms with van der Waals surface area (Å²) in [7, 11) is 1.59. The number of hydrogen-bond acceptors (Lipinski definition) is 2. The molecule has 0 aliphatic rings. The molecule has 3 aromatic rings. The van der Waals surface area contributed by atoms with E-state index in [2.05, 4.69) is 24.3 Å². The first-order chi connectivity index (χ1) is 9.85. The van der Waals surface area contributed by atoms with Gasteiger partial charge in [-0.05, 0) is 22.4 Å². The molecule has 3 aromatic carbocycles. The Hall–Kier alpha value is -2.61. The van der Waals surface area contributed by atoms with Gasteiger partial charge in [0.1, 0.15) is 5.75 Å². The molecule has 2 heteroatoms. The van der Waals surface area contributed by atoms with Crippen LogP contribution in [0.25, 0.3) is 21.9 Å². The van der Waals surface area contributed by atoms with Gasteiger partial charge in [0.05, 0.1) is 12.7 Å². The molecule has 0 aliphatic carbocycles. The number of rotatable bonds is 3. The lowest BCUT2D eigenvalue weighted by molar-refractivity contribution is 0.112. The second kappa shape index (κ2) is 5.17. The van der Waals surface area contributed by atoms with Crippen LogP contribution < -0.4 is 4.74 Å². The Kier molecular flexibility index (Phi) is 3.21. The lowest BCUT2D eigenvalue weighted by atomic mass is 9.96. The predicted octanol–water partition coefficient (Wildman–Crippen LogP) is 4.33. The predicted molar refractivity (Wildman–Crippen MR) is 81.3 cm³/mol. The molecule has 2 nitrogen and oxygen atoms in total. The van der Waals surface area contributed by atoms with Crippen LogP contribution in [0.3, 0.4) is 0 Å². The zero-order chi connectivity index (χ0) is 13.9. The number of carbonyl (C=O) groups excluding carboxylic acids is 1. The Morgan fingerprint density at radius 2 is 1.55 bits per heavy atom. The molecule has 0 amide bonds. The minimum Gasteiger partial charge on any atom is -0.495 e. The first-order valence-electron chi connectivity index (χ1n) is 6.45. The topological polar surface area (TPSA) is 26.3 Å². The third kappa shape index (κ3) is 1.95. The van der Waals surface area contributed by atoms with Crippen molar-refractivity contribution in [1.29, 1.82) is 0 Å². The minimum absolute atomic E-state index is 0.568. The lowest BCUT2D eigenvalue weighted by Crippen LogP contribution is -1.94. The SMILES string of the molecule is COc1c(C=O)cccc1-c1cccc2ccccc12. The number of ether oxygens (including phenoxy) is 1. The molecule has 0 fully saturated rings. The second-order valence-corrected chi connectivity index (χ2v) is 4.57. The number of fused-ring (bicyclic) bond motifs is 1. The van der Waals surface area contributed by atoms with Crippen LogP contribution in [-0.4, -0.2) is 13.4 Å². The van der Waals surface area contributed by atoms with E-state index in [1.54, 1.807) is 13.2 Å². The Bertz CT molecular complexity index is 770. The van der Waals surface area contributed by atoms with Gasteiger partial charge in [0, 0.05) is 5.56 Å². The van der Waals surface area contributed by atoms with Crippen LogP contribution in [0.4, 0.5) is 0 Å². The van der Waals surface area contributed by atoms with Gasteiger partial charge in [0.25, 0.3) is 0 Å². The molecule has 0 aromatic heterocycles. The summed E-state index contributed by atoms with van der Waals surface area (Å²) in [6.07, 6.45) is 0.827. The summed E-state index contributed by atoms with van der Waals surface area (Å²) in [5.41, 5.74) is 2.58. The van der Waals surface area contributed by atoms with Crippen LogP contribution >= 0.6 is 0 Å². The fourth-order valence-electron chi connectivity index (χ4n) is 2.55. The Labute approximate surface area is 117 Å². The number of aldehydes is 1. The van der Waals surface area contributed by atoms with Gasteiger partial charge in [-0.2, -0.15) is 0 Å². The van der Waals surface area contributed by atoms with Crippen molar-refractivity contribution >= 4 is 17.1 Å². The molecule has 0 spiro atoms. The molecule has 0 N–H and O–H groups in total. The maximum atomic E-state index is 11.2. The average Bonchev–Trinajstić information content (AvgIpc) is 2.53. The molecule has 0 heterocycles. The highest BCUT2D eigenvalue weighted by Gasteiger charge is 2.12. The van der Waals surface area contributed by atoms with Crippen molar-refractivity contribution in [1.82, 2.24) is 0 Å². The molecule has 0 atom stereocenters. The summed E-state index contributed by atoms with van der Waals surface area (Å²) in [6.45, 7) is 0. The van der Waals surface area contributed by atoms with Gasteiger partial charge in [0.15, 0.2) is 6.29 Å². The summed E-state index contributed by atoms with van der Waals surface area (Å²) in [5.74, 6) is 0.624. The van der Waals surface area contributed by atoms with Gasteiger partial charge < -0.3 is 4.74 Å². The highest BCUT2D eigenvalue weighted by molar-refractivity contribution is 5.99. The number of carbonyl (C=O) groups is 1. The van der Waals surface area contributed by atoms with E-state index in [1.807, 2.05) is 30.3 Å². The number of benzene rings is 3. The maximum Gasteiger partial charge on any atom is 0.153 e. The van der Waals surface area contributed by atoms with E-state index in [0.29, 0.717) is 11.3 Å². The van der Waals surface area contributed by atoms with Crippen LogP contribution in [0.5, 0.6) is 5.75 Å². The second-order valence-electron chi connectivity index (χ2n) is 4.57. The Morgan fingerprint density at radius 1 is 0.850 bits per heavy atom. The first-order valence-corrected chi connectivity index (χ1v) is 6.45. The van der Waals surface area contributed by atoms with E-state index in [0.717, 1.165) is 22.8 Å². The third-order valence-electron chi connectivity index (χ3n) is 3.46. The summed E-state index contributed by atoms with van der Waals surface area (Å²) >= 11 is 0. The molecular weight excluding hydrogens is 248 g/mol. The van der Waals surface area contributed by atoms with Crippen LogP contribution in [0.15, 0.2) is 60.7 Å². The fraction of sp³-hybridized carbons (Fsp3) is 0.0556. The van der Waals surface area contributed by atoms with Crippen molar-refractivity contribution in [3.05, 3.63) is 66.2 Å². The summed E-state index contributed by atoms with van der Waals surface area (Å²) < 4.78 is 5.44. The lowest BCUT2D eigenvalue weighted by Gasteiger charge is -2.12. The summed E-state index contributed by atoms with van der Waals surface area (Å²) in [4.78, 5) is 11.2. The Balaban J connectivity index is 2.34. The van der Waals surface area contributed by atoms with Gasteiger partial charge >= 0.3 is 0 Å². The molecule has 98 valence electrons. The third-order valence-corrected chi connectivity index (χ3v) is 3.46. The molecular formula is C18H14O2. The molecule has 0 aliphatic heterocycles. The zero-order valence-corrected chi connectivity index (χ0v) is 11.2. The van der Waals surface area contributed by atoms with Crippen LogP contribution in [0.1, 0.15) is 10.4 Å². The van der Waals surface area contributed by atoms with E-state index < -0.39 is 0 Å². The maximum absolute atomic E-state index is 11.2. The molecule has 0 saturated heterocycles. The summed E-state index contributed by atoms with van der Waals surface area (Å²) in [5, 5.41) is 2.32. The van der Waals surface area contributed by atoms with Crippen molar-refractivity contribution in [2.45, 2.75) is 0 Å². The van der Waals surface area contributed by atoms with Crippen molar-refractivity contribution < 1.29 is 9.53 Å². The number of para-hydroxylation sites is 1. The van der Waals surface area contributed by atoms with Crippen molar-refractivity contribution in [2.75, 3.05) is 7.11 Å². The van der Waals surface area contributed by atoms with Crippen molar-refractivity contribution in [3.63, 3.8) is 0 Å².